The Labute approximate surface area is 170 Å². The molecule has 0 saturated carbocycles. The van der Waals surface area contributed by atoms with Gasteiger partial charge in [0, 0.05) is 10.7 Å². The number of benzene rings is 1. The van der Waals surface area contributed by atoms with Crippen molar-refractivity contribution in [3.8, 4) is 0 Å². The molecule has 3 aromatic rings. The lowest BCUT2D eigenvalue weighted by Gasteiger charge is -2.09. The number of carbonyl (C=O) groups is 1. The van der Waals surface area contributed by atoms with Gasteiger partial charge in [-0.2, -0.15) is 23.4 Å². The molecule has 0 bridgehead atoms. The fraction of sp³-hybridized carbons (Fsp3) is 0.316. The minimum absolute atomic E-state index is 0.248. The highest BCUT2D eigenvalue weighted by atomic mass is 35.5. The zero-order valence-electron chi connectivity index (χ0n) is 16.0. The van der Waals surface area contributed by atoms with Gasteiger partial charge in [-0.3, -0.25) is 14.2 Å². The Hall–Kier alpha value is -2.81. The van der Waals surface area contributed by atoms with E-state index >= 15 is 0 Å². The largest absolute Gasteiger partial charge is 0.435 e. The lowest BCUT2D eigenvalue weighted by Crippen LogP contribution is -2.21. The second-order valence-electron chi connectivity index (χ2n) is 6.71. The fourth-order valence-corrected chi connectivity index (χ4v) is 3.18. The molecule has 3 rings (SSSR count). The van der Waals surface area contributed by atoms with Crippen LogP contribution in [0.25, 0.3) is 0 Å². The van der Waals surface area contributed by atoms with E-state index in [9.17, 15) is 18.0 Å². The number of amides is 1. The number of carbonyl (C=O) groups excluding carboxylic acids is 1. The van der Waals surface area contributed by atoms with Gasteiger partial charge in [-0.1, -0.05) is 23.7 Å². The molecule has 0 radical (unpaired) electrons. The van der Waals surface area contributed by atoms with Gasteiger partial charge in [-0.15, -0.1) is 0 Å². The van der Waals surface area contributed by atoms with Gasteiger partial charge in [0.2, 0.25) is 5.91 Å². The fourth-order valence-electron chi connectivity index (χ4n) is 2.96. The summed E-state index contributed by atoms with van der Waals surface area (Å²) in [7, 11) is 0. The van der Waals surface area contributed by atoms with Gasteiger partial charge in [0.05, 0.1) is 23.6 Å². The van der Waals surface area contributed by atoms with Crippen LogP contribution in [0.5, 0.6) is 0 Å². The Bertz CT molecular complexity index is 1050. The summed E-state index contributed by atoms with van der Waals surface area (Å²) in [6.45, 7) is 5.16. The molecular formula is C19H19ClF3N5O. The van der Waals surface area contributed by atoms with Gasteiger partial charge < -0.3 is 5.32 Å². The average Bonchev–Trinajstić information content (AvgIpc) is 3.10. The standard InChI is InChI=1S/C19H19ClF3N5O/c1-11-7-16(19(21,22)23)26-27(11)10-17(29)24-18-12(2)25-28(13(18)3)9-14-5-4-6-15(20)8-14/h4-8H,9-10H2,1-3H3,(H,24,29). The number of aromatic nitrogens is 4. The highest BCUT2D eigenvalue weighted by molar-refractivity contribution is 6.30. The van der Waals surface area contributed by atoms with Crippen molar-refractivity contribution in [3.05, 3.63) is 63.7 Å². The second-order valence-corrected chi connectivity index (χ2v) is 7.14. The number of rotatable bonds is 5. The number of anilines is 1. The molecule has 29 heavy (non-hydrogen) atoms. The molecule has 2 heterocycles. The molecule has 6 nitrogen and oxygen atoms in total. The number of aryl methyl sites for hydroxylation is 2. The van der Waals surface area contributed by atoms with Crippen LogP contribution in [0.1, 0.15) is 28.3 Å². The van der Waals surface area contributed by atoms with E-state index in [-0.39, 0.29) is 12.2 Å². The van der Waals surface area contributed by atoms with Crippen LogP contribution in [0.4, 0.5) is 18.9 Å². The maximum absolute atomic E-state index is 12.8. The molecule has 0 atom stereocenters. The molecule has 0 fully saturated rings. The number of hydrogen-bond acceptors (Lipinski definition) is 3. The summed E-state index contributed by atoms with van der Waals surface area (Å²) in [4.78, 5) is 12.4. The van der Waals surface area contributed by atoms with Crippen LogP contribution < -0.4 is 5.32 Å². The van der Waals surface area contributed by atoms with E-state index in [0.717, 1.165) is 22.0 Å². The second kappa shape index (κ2) is 7.90. The molecule has 10 heteroatoms. The number of nitrogens with one attached hydrogen (secondary N) is 1. The van der Waals surface area contributed by atoms with Gasteiger partial charge in [0.25, 0.3) is 0 Å². The van der Waals surface area contributed by atoms with Crippen LogP contribution >= 0.6 is 11.6 Å². The average molecular weight is 426 g/mol. The SMILES string of the molecule is Cc1nn(Cc2cccc(Cl)c2)c(C)c1NC(=O)Cn1nc(C(F)(F)F)cc1C. The summed E-state index contributed by atoms with van der Waals surface area (Å²) < 4.78 is 41.1. The van der Waals surface area contributed by atoms with Crippen molar-refractivity contribution in [2.75, 3.05) is 5.32 Å². The smallest absolute Gasteiger partial charge is 0.321 e. The first-order valence-corrected chi connectivity index (χ1v) is 9.12. The third-order valence-electron chi connectivity index (χ3n) is 4.43. The van der Waals surface area contributed by atoms with E-state index in [1.165, 1.54) is 6.92 Å². The summed E-state index contributed by atoms with van der Waals surface area (Å²) in [5.74, 6) is -0.488. The third kappa shape index (κ3) is 4.79. The Morgan fingerprint density at radius 2 is 1.86 bits per heavy atom. The van der Waals surface area contributed by atoms with Crippen LogP contribution in [-0.2, 0) is 24.1 Å². The van der Waals surface area contributed by atoms with E-state index in [4.69, 9.17) is 11.6 Å². The van der Waals surface area contributed by atoms with Crippen molar-refractivity contribution >= 4 is 23.2 Å². The lowest BCUT2D eigenvalue weighted by molar-refractivity contribution is -0.141. The Kier molecular flexibility index (Phi) is 5.70. The minimum atomic E-state index is -4.55. The van der Waals surface area contributed by atoms with Crippen LogP contribution in [-0.4, -0.2) is 25.5 Å². The zero-order valence-corrected chi connectivity index (χ0v) is 16.8. The van der Waals surface area contributed by atoms with Gasteiger partial charge >= 0.3 is 6.18 Å². The first-order valence-electron chi connectivity index (χ1n) is 8.74. The highest BCUT2D eigenvalue weighted by Gasteiger charge is 2.34. The van der Waals surface area contributed by atoms with Crippen LogP contribution in [0.2, 0.25) is 5.02 Å². The summed E-state index contributed by atoms with van der Waals surface area (Å²) in [6.07, 6.45) is -4.55. The van der Waals surface area contributed by atoms with Crippen molar-refractivity contribution < 1.29 is 18.0 Å². The van der Waals surface area contributed by atoms with Crippen molar-refractivity contribution in [1.29, 1.82) is 0 Å². The molecule has 1 aromatic carbocycles. The zero-order chi connectivity index (χ0) is 21.3. The molecule has 1 N–H and O–H groups in total. The maximum Gasteiger partial charge on any atom is 0.435 e. The molecule has 0 spiro atoms. The maximum atomic E-state index is 12.8. The Balaban J connectivity index is 1.74. The number of nitrogens with zero attached hydrogens (tertiary/aromatic N) is 4. The first kappa shape index (κ1) is 20.9. The van der Waals surface area contributed by atoms with Crippen molar-refractivity contribution in [2.45, 2.75) is 40.0 Å². The molecule has 0 aliphatic carbocycles. The van der Waals surface area contributed by atoms with E-state index in [0.29, 0.717) is 22.9 Å². The highest BCUT2D eigenvalue weighted by Crippen LogP contribution is 2.28. The van der Waals surface area contributed by atoms with Gasteiger partial charge in [0.15, 0.2) is 5.69 Å². The number of alkyl halides is 3. The molecule has 154 valence electrons. The van der Waals surface area contributed by atoms with Crippen LogP contribution in [0.3, 0.4) is 0 Å². The summed E-state index contributed by atoms with van der Waals surface area (Å²) in [5, 5.41) is 11.3. The minimum Gasteiger partial charge on any atom is -0.321 e. The van der Waals surface area contributed by atoms with Gasteiger partial charge in [0.1, 0.15) is 6.54 Å². The monoisotopic (exact) mass is 425 g/mol. The van der Waals surface area contributed by atoms with Crippen LogP contribution in [0.15, 0.2) is 30.3 Å². The molecule has 0 aliphatic heterocycles. The molecule has 2 aromatic heterocycles. The number of halogens is 4. The first-order chi connectivity index (χ1) is 13.5. The summed E-state index contributed by atoms with van der Waals surface area (Å²) in [5.41, 5.74) is 2.03. The quantitative estimate of drug-likeness (QED) is 0.660. The predicted molar refractivity (Wildman–Crippen MR) is 103 cm³/mol. The lowest BCUT2D eigenvalue weighted by atomic mass is 10.2. The molecule has 0 saturated heterocycles. The molecule has 1 amide bonds. The predicted octanol–water partition coefficient (Wildman–Crippen LogP) is 4.36. The summed E-state index contributed by atoms with van der Waals surface area (Å²) >= 11 is 6.01. The molecule has 0 aliphatic rings. The normalized spacial score (nSPS) is 11.7. The Morgan fingerprint density at radius 1 is 1.14 bits per heavy atom. The van der Waals surface area contributed by atoms with Crippen molar-refractivity contribution in [1.82, 2.24) is 19.6 Å². The summed E-state index contributed by atoms with van der Waals surface area (Å²) in [6, 6.07) is 8.27. The van der Waals surface area contributed by atoms with Gasteiger partial charge in [-0.25, -0.2) is 0 Å². The van der Waals surface area contributed by atoms with Crippen molar-refractivity contribution in [2.24, 2.45) is 0 Å². The van der Waals surface area contributed by atoms with E-state index < -0.39 is 17.8 Å². The van der Waals surface area contributed by atoms with E-state index in [1.54, 1.807) is 24.6 Å². The number of hydrogen-bond donors (Lipinski definition) is 1. The van der Waals surface area contributed by atoms with E-state index in [2.05, 4.69) is 15.5 Å². The molecular weight excluding hydrogens is 407 g/mol. The van der Waals surface area contributed by atoms with Gasteiger partial charge in [-0.05, 0) is 44.5 Å². The van der Waals surface area contributed by atoms with Crippen LogP contribution in [0, 0.1) is 20.8 Å². The molecule has 0 unspecified atom stereocenters. The Morgan fingerprint density at radius 3 is 2.48 bits per heavy atom. The van der Waals surface area contributed by atoms with Crippen molar-refractivity contribution in [3.63, 3.8) is 0 Å². The third-order valence-corrected chi connectivity index (χ3v) is 4.67. The topological polar surface area (TPSA) is 64.7 Å². The van der Waals surface area contributed by atoms with E-state index in [1.807, 2.05) is 18.2 Å².